The van der Waals surface area contributed by atoms with E-state index in [0.717, 1.165) is 116 Å². The van der Waals surface area contributed by atoms with Gasteiger partial charge in [-0.3, -0.25) is 13.8 Å². The molecular weight excluding hydrogens is 900 g/mol. The van der Waals surface area contributed by atoms with Crippen molar-refractivity contribution in [1.29, 1.82) is 0 Å². The molecule has 9 heteroatoms. The molecule has 0 saturated carbocycles. The first kappa shape index (κ1) is 67.6. The predicted molar refractivity (Wildman–Crippen MR) is 308 cm³/mol. The minimum absolute atomic E-state index is 0.0531. The van der Waals surface area contributed by atoms with Gasteiger partial charge in [-0.25, -0.2) is 4.57 Å². The summed E-state index contributed by atoms with van der Waals surface area (Å²) in [5, 5.41) is 13.8. The van der Waals surface area contributed by atoms with E-state index in [1.54, 1.807) is 6.08 Å². The minimum Gasteiger partial charge on any atom is -0.387 e. The van der Waals surface area contributed by atoms with E-state index in [-0.39, 0.29) is 19.1 Å². The number of carbonyl (C=O) groups is 1. The lowest BCUT2D eigenvalue weighted by molar-refractivity contribution is -0.870. The van der Waals surface area contributed by atoms with Crippen LogP contribution < -0.4 is 5.32 Å². The van der Waals surface area contributed by atoms with Crippen molar-refractivity contribution in [3.05, 3.63) is 134 Å². The smallest absolute Gasteiger partial charge is 0.387 e. The summed E-state index contributed by atoms with van der Waals surface area (Å²) < 4.78 is 23.6. The van der Waals surface area contributed by atoms with E-state index in [9.17, 15) is 19.4 Å². The van der Waals surface area contributed by atoms with E-state index in [1.807, 2.05) is 27.2 Å². The van der Waals surface area contributed by atoms with Crippen LogP contribution in [0.3, 0.4) is 0 Å². The number of rotatable bonds is 49. The van der Waals surface area contributed by atoms with E-state index in [0.29, 0.717) is 17.4 Å². The zero-order valence-electron chi connectivity index (χ0n) is 45.9. The van der Waals surface area contributed by atoms with E-state index in [2.05, 4.69) is 141 Å². The summed E-state index contributed by atoms with van der Waals surface area (Å²) >= 11 is 0. The summed E-state index contributed by atoms with van der Waals surface area (Å²) in [5.41, 5.74) is 0. The maximum atomic E-state index is 12.9. The Kier molecular flexibility index (Phi) is 49.1. The molecule has 8 nitrogen and oxygen atoms in total. The molecular formula is C62H106N2O6P+. The van der Waals surface area contributed by atoms with Crippen LogP contribution in [0.15, 0.2) is 134 Å². The van der Waals surface area contributed by atoms with Gasteiger partial charge < -0.3 is 19.8 Å². The fourth-order valence-corrected chi connectivity index (χ4v) is 7.98. The second-order valence-corrected chi connectivity index (χ2v) is 21.0. The van der Waals surface area contributed by atoms with Crippen molar-refractivity contribution < 1.29 is 32.9 Å². The lowest BCUT2D eigenvalue weighted by atomic mass is 10.1. The number of unbranched alkanes of at least 4 members (excludes halogenated alkanes) is 16. The second kappa shape index (κ2) is 51.5. The van der Waals surface area contributed by atoms with Crippen molar-refractivity contribution in [1.82, 2.24) is 5.32 Å². The summed E-state index contributed by atoms with van der Waals surface area (Å²) in [7, 11) is 1.55. The largest absolute Gasteiger partial charge is 0.472 e. The van der Waals surface area contributed by atoms with Crippen LogP contribution in [0.1, 0.15) is 200 Å². The van der Waals surface area contributed by atoms with Crippen LogP contribution in [0, 0.1) is 0 Å². The number of nitrogens with zero attached hydrogens (tertiary/aromatic N) is 1. The SMILES string of the molecule is CC/C=C\C/C=C\C/C=C\C/C=C\C/C=C\C/C=C\C/C=C\C/C=C\C/C=C\C/C=C\CCCCCCCCCCC(=O)NC(COP(=O)(O)OCC[N+](C)(C)C)C(O)/C=C/CCCCCCCCCC. The molecule has 0 aliphatic heterocycles. The van der Waals surface area contributed by atoms with Crippen molar-refractivity contribution in [2.45, 2.75) is 212 Å². The minimum atomic E-state index is -4.35. The van der Waals surface area contributed by atoms with Gasteiger partial charge in [0, 0.05) is 6.42 Å². The lowest BCUT2D eigenvalue weighted by Gasteiger charge is -2.25. The summed E-state index contributed by atoms with van der Waals surface area (Å²) in [4.78, 5) is 23.2. The molecule has 0 aromatic heterocycles. The fraction of sp³-hybridized carbons (Fsp3) is 0.629. The first-order valence-corrected chi connectivity index (χ1v) is 29.6. The monoisotopic (exact) mass is 1010 g/mol. The number of quaternary nitrogens is 1. The van der Waals surface area contributed by atoms with Gasteiger partial charge in [0.05, 0.1) is 39.9 Å². The lowest BCUT2D eigenvalue weighted by Crippen LogP contribution is -2.45. The average Bonchev–Trinajstić information content (AvgIpc) is 3.33. The van der Waals surface area contributed by atoms with Gasteiger partial charge >= 0.3 is 7.82 Å². The zero-order valence-corrected chi connectivity index (χ0v) is 46.8. The molecule has 1 amide bonds. The molecule has 0 radical (unpaired) electrons. The molecule has 0 fully saturated rings. The quantitative estimate of drug-likeness (QED) is 0.0243. The third kappa shape index (κ3) is 54.3. The Morgan fingerprint density at radius 2 is 0.845 bits per heavy atom. The second-order valence-electron chi connectivity index (χ2n) is 19.6. The van der Waals surface area contributed by atoms with Gasteiger partial charge in [-0.05, 0) is 96.3 Å². The van der Waals surface area contributed by atoms with E-state index >= 15 is 0 Å². The van der Waals surface area contributed by atoms with Gasteiger partial charge in [0.15, 0.2) is 0 Å². The number of carbonyl (C=O) groups excluding carboxylic acids is 1. The normalized spacial score (nSPS) is 15.0. The maximum absolute atomic E-state index is 12.9. The van der Waals surface area contributed by atoms with Gasteiger partial charge in [-0.2, -0.15) is 0 Å². The van der Waals surface area contributed by atoms with Crippen LogP contribution in [-0.2, 0) is 18.4 Å². The van der Waals surface area contributed by atoms with Crippen LogP contribution in [0.4, 0.5) is 0 Å². The van der Waals surface area contributed by atoms with E-state index < -0.39 is 20.0 Å². The van der Waals surface area contributed by atoms with Gasteiger partial charge in [0.25, 0.3) is 0 Å². The van der Waals surface area contributed by atoms with E-state index in [1.165, 1.54) is 64.2 Å². The third-order valence-corrected chi connectivity index (χ3v) is 12.6. The number of likely N-dealkylation sites (N-methyl/N-ethyl adjacent to an activating group) is 1. The highest BCUT2D eigenvalue weighted by Gasteiger charge is 2.27. The molecule has 0 aliphatic rings. The van der Waals surface area contributed by atoms with Crippen molar-refractivity contribution in [2.24, 2.45) is 0 Å². The Balaban J connectivity index is 4.09. The Bertz CT molecular complexity index is 1610. The Labute approximate surface area is 436 Å². The molecule has 0 aliphatic carbocycles. The summed E-state index contributed by atoms with van der Waals surface area (Å²) in [6.45, 7) is 4.65. The van der Waals surface area contributed by atoms with Crippen molar-refractivity contribution in [3.8, 4) is 0 Å². The number of allylic oxidation sites excluding steroid dienone is 21. The number of hydrogen-bond acceptors (Lipinski definition) is 5. The molecule has 71 heavy (non-hydrogen) atoms. The number of hydrogen-bond donors (Lipinski definition) is 3. The Morgan fingerprint density at radius 1 is 0.493 bits per heavy atom. The number of aliphatic hydroxyl groups excluding tert-OH is 1. The molecule has 0 saturated heterocycles. The Hall–Kier alpha value is -3.36. The van der Waals surface area contributed by atoms with Crippen LogP contribution in [0.5, 0.6) is 0 Å². The standard InChI is InChI=1S/C62H105N2O6P/c1-6-8-10-12-14-16-18-19-20-21-22-23-24-25-26-27-28-29-30-31-32-33-34-35-36-37-38-39-40-41-42-43-44-45-46-48-50-52-54-56-62(66)63-60(59-70-71(67,68)69-58-57-64(3,4)5)61(65)55-53-51-49-47-17-15-13-11-9-7-2/h8,10,14,16,19-20,22-23,25-26,28-29,31-32,34-35,37-38,40-41,53,55,60-61,65H,6-7,9,11-13,15,17-18,21,24,27,30,33,36,39,42-52,54,56-59H2,1-5H3,(H-,63,66,67,68)/p+1/b10-8-,16-14-,20-19-,23-22-,26-25-,29-28-,32-31-,35-34-,38-37-,41-40-,55-53+. The number of nitrogens with one attached hydrogen (secondary N) is 1. The molecule has 0 rings (SSSR count). The highest BCUT2D eigenvalue weighted by Crippen LogP contribution is 2.43. The highest BCUT2D eigenvalue weighted by atomic mass is 31.2. The molecule has 0 heterocycles. The van der Waals surface area contributed by atoms with E-state index in [4.69, 9.17) is 9.05 Å². The third-order valence-electron chi connectivity index (χ3n) is 11.6. The van der Waals surface area contributed by atoms with Gasteiger partial charge in [-0.1, -0.05) is 231 Å². The van der Waals surface area contributed by atoms with Crippen LogP contribution in [-0.4, -0.2) is 73.4 Å². The van der Waals surface area contributed by atoms with Gasteiger partial charge in [0.1, 0.15) is 13.2 Å². The number of phosphoric acid groups is 1. The van der Waals surface area contributed by atoms with Crippen LogP contribution in [0.2, 0.25) is 0 Å². The Morgan fingerprint density at radius 3 is 1.24 bits per heavy atom. The molecule has 0 spiro atoms. The highest BCUT2D eigenvalue weighted by molar-refractivity contribution is 7.47. The maximum Gasteiger partial charge on any atom is 0.472 e. The molecule has 0 aromatic carbocycles. The summed E-state index contributed by atoms with van der Waals surface area (Å²) in [6.07, 6.45) is 78.4. The van der Waals surface area contributed by atoms with Crippen LogP contribution >= 0.6 is 7.82 Å². The molecule has 3 unspecified atom stereocenters. The molecule has 404 valence electrons. The molecule has 3 atom stereocenters. The summed E-state index contributed by atoms with van der Waals surface area (Å²) in [5.74, 6) is -0.194. The topological polar surface area (TPSA) is 105 Å². The number of aliphatic hydroxyl groups is 1. The summed E-state index contributed by atoms with van der Waals surface area (Å²) in [6, 6.07) is -0.858. The first-order chi connectivity index (χ1) is 34.5. The van der Waals surface area contributed by atoms with Gasteiger partial charge in [-0.15, -0.1) is 0 Å². The first-order valence-electron chi connectivity index (χ1n) is 28.1. The molecule has 3 N–H and O–H groups in total. The van der Waals surface area contributed by atoms with Crippen LogP contribution in [0.25, 0.3) is 0 Å². The zero-order chi connectivity index (χ0) is 52.0. The average molecular weight is 1010 g/mol. The van der Waals surface area contributed by atoms with Crippen molar-refractivity contribution in [2.75, 3.05) is 40.9 Å². The molecule has 0 aromatic rings. The number of amides is 1. The number of phosphoric ester groups is 1. The predicted octanol–water partition coefficient (Wildman–Crippen LogP) is 17.1. The van der Waals surface area contributed by atoms with Crippen molar-refractivity contribution >= 4 is 13.7 Å². The molecule has 0 bridgehead atoms. The van der Waals surface area contributed by atoms with Gasteiger partial charge in [0.2, 0.25) is 5.91 Å². The fourth-order valence-electron chi connectivity index (χ4n) is 7.24. The van der Waals surface area contributed by atoms with Crippen molar-refractivity contribution in [3.63, 3.8) is 0 Å².